The molecule has 0 bridgehead atoms. The lowest BCUT2D eigenvalue weighted by Gasteiger charge is -2.33. The van der Waals surface area contributed by atoms with Crippen molar-refractivity contribution in [1.29, 1.82) is 0 Å². The van der Waals surface area contributed by atoms with E-state index in [1.807, 2.05) is 0 Å². The molecule has 116 valence electrons. The summed E-state index contributed by atoms with van der Waals surface area (Å²) < 4.78 is 0. The van der Waals surface area contributed by atoms with Gasteiger partial charge >= 0.3 is 0 Å². The van der Waals surface area contributed by atoms with E-state index in [9.17, 15) is 4.79 Å². The van der Waals surface area contributed by atoms with Gasteiger partial charge in [-0.05, 0) is 35.3 Å². The Morgan fingerprint density at radius 1 is 1.19 bits per heavy atom. The van der Waals surface area contributed by atoms with Crippen LogP contribution in [-0.2, 0) is 16.8 Å². The quantitative estimate of drug-likeness (QED) is 0.788. The Hall–Kier alpha value is -1.57. The first kappa shape index (κ1) is 17.5. The standard InChI is InChI=1S/C19H29NO/c1-14(2)17(21)20-12-15-9-8-10-16(11-15)19(6,7)13-18(3,4)5/h8-11H,1,12-13H2,2-7H3,(H,20,21). The van der Waals surface area contributed by atoms with Gasteiger partial charge in [-0.15, -0.1) is 0 Å². The van der Waals surface area contributed by atoms with Gasteiger partial charge in [0.15, 0.2) is 0 Å². The minimum Gasteiger partial charge on any atom is -0.348 e. The van der Waals surface area contributed by atoms with E-state index in [2.05, 4.69) is 70.8 Å². The largest absolute Gasteiger partial charge is 0.348 e. The monoisotopic (exact) mass is 287 g/mol. The number of benzene rings is 1. The van der Waals surface area contributed by atoms with Crippen molar-refractivity contribution in [3.05, 3.63) is 47.5 Å². The number of rotatable bonds is 5. The summed E-state index contributed by atoms with van der Waals surface area (Å²) in [4.78, 5) is 11.6. The van der Waals surface area contributed by atoms with Gasteiger partial charge in [-0.1, -0.05) is 65.5 Å². The average molecular weight is 287 g/mol. The van der Waals surface area contributed by atoms with E-state index in [0.29, 0.717) is 12.1 Å². The molecule has 1 N–H and O–H groups in total. The molecule has 0 fully saturated rings. The first-order chi connectivity index (χ1) is 9.51. The van der Waals surface area contributed by atoms with Crippen LogP contribution in [0.4, 0.5) is 0 Å². The number of amides is 1. The van der Waals surface area contributed by atoms with Gasteiger partial charge < -0.3 is 5.32 Å². The summed E-state index contributed by atoms with van der Waals surface area (Å²) in [6.07, 6.45) is 1.11. The molecule has 0 unspecified atom stereocenters. The second kappa shape index (κ2) is 6.46. The van der Waals surface area contributed by atoms with Crippen LogP contribution in [-0.4, -0.2) is 5.91 Å². The molecule has 0 aliphatic carbocycles. The fraction of sp³-hybridized carbons (Fsp3) is 0.526. The Labute approximate surface area is 129 Å². The third kappa shape index (κ3) is 5.74. The molecular formula is C19H29NO. The third-order valence-electron chi connectivity index (χ3n) is 3.52. The zero-order valence-corrected chi connectivity index (χ0v) is 14.3. The Morgan fingerprint density at radius 2 is 1.81 bits per heavy atom. The molecule has 0 saturated heterocycles. The molecule has 0 atom stereocenters. The molecule has 0 spiro atoms. The summed E-state index contributed by atoms with van der Waals surface area (Å²) in [6.45, 7) is 17.3. The van der Waals surface area contributed by atoms with Crippen LogP contribution in [0.5, 0.6) is 0 Å². The molecule has 21 heavy (non-hydrogen) atoms. The molecule has 0 radical (unpaired) electrons. The lowest BCUT2D eigenvalue weighted by molar-refractivity contribution is -0.117. The summed E-state index contributed by atoms with van der Waals surface area (Å²) in [5.41, 5.74) is 3.39. The van der Waals surface area contributed by atoms with Crippen LogP contribution in [0.1, 0.15) is 59.1 Å². The maximum atomic E-state index is 11.6. The lowest BCUT2D eigenvalue weighted by atomic mass is 9.72. The zero-order chi connectivity index (χ0) is 16.3. The van der Waals surface area contributed by atoms with Crippen LogP contribution in [0.15, 0.2) is 36.4 Å². The predicted molar refractivity (Wildman–Crippen MR) is 90.2 cm³/mol. The van der Waals surface area contributed by atoms with Crippen molar-refractivity contribution < 1.29 is 4.79 Å². The molecule has 0 aliphatic rings. The smallest absolute Gasteiger partial charge is 0.246 e. The highest BCUT2D eigenvalue weighted by Crippen LogP contribution is 2.36. The SMILES string of the molecule is C=C(C)C(=O)NCc1cccc(C(C)(C)CC(C)(C)C)c1. The Morgan fingerprint density at radius 3 is 2.33 bits per heavy atom. The summed E-state index contributed by atoms with van der Waals surface area (Å²) in [6, 6.07) is 8.50. The fourth-order valence-corrected chi connectivity index (χ4v) is 2.86. The normalized spacial score (nSPS) is 12.1. The van der Waals surface area contributed by atoms with E-state index >= 15 is 0 Å². The molecule has 0 aromatic heterocycles. The molecule has 2 heteroatoms. The van der Waals surface area contributed by atoms with Crippen molar-refractivity contribution in [2.75, 3.05) is 0 Å². The van der Waals surface area contributed by atoms with Crippen LogP contribution in [0, 0.1) is 5.41 Å². The van der Waals surface area contributed by atoms with Crippen molar-refractivity contribution >= 4 is 5.91 Å². The maximum Gasteiger partial charge on any atom is 0.246 e. The van der Waals surface area contributed by atoms with Crippen molar-refractivity contribution in [1.82, 2.24) is 5.32 Å². The first-order valence-corrected chi connectivity index (χ1v) is 7.54. The van der Waals surface area contributed by atoms with E-state index in [0.717, 1.165) is 12.0 Å². The van der Waals surface area contributed by atoms with Crippen LogP contribution in [0.3, 0.4) is 0 Å². The van der Waals surface area contributed by atoms with Gasteiger partial charge in [0.25, 0.3) is 0 Å². The van der Waals surface area contributed by atoms with Crippen LogP contribution >= 0.6 is 0 Å². The van der Waals surface area contributed by atoms with E-state index < -0.39 is 0 Å². The second-order valence-corrected chi connectivity index (χ2v) is 7.78. The summed E-state index contributed by atoms with van der Waals surface area (Å²) in [5, 5.41) is 2.89. The Kier molecular flexibility index (Phi) is 5.38. The highest BCUT2D eigenvalue weighted by molar-refractivity contribution is 5.91. The maximum absolute atomic E-state index is 11.6. The predicted octanol–water partition coefficient (Wildman–Crippen LogP) is 4.59. The highest BCUT2D eigenvalue weighted by atomic mass is 16.1. The minimum atomic E-state index is -0.0886. The minimum absolute atomic E-state index is 0.0886. The van der Waals surface area contributed by atoms with Crippen molar-refractivity contribution in [3.63, 3.8) is 0 Å². The molecule has 1 rings (SSSR count). The van der Waals surface area contributed by atoms with Crippen molar-refractivity contribution in [3.8, 4) is 0 Å². The second-order valence-electron chi connectivity index (χ2n) is 7.78. The summed E-state index contributed by atoms with van der Waals surface area (Å²) in [5.74, 6) is -0.0886. The van der Waals surface area contributed by atoms with Gasteiger partial charge in [0.2, 0.25) is 5.91 Å². The molecule has 1 amide bonds. The third-order valence-corrected chi connectivity index (χ3v) is 3.52. The van der Waals surface area contributed by atoms with Crippen LogP contribution in [0.2, 0.25) is 0 Å². The van der Waals surface area contributed by atoms with Gasteiger partial charge in [0.05, 0.1) is 0 Å². The molecular weight excluding hydrogens is 258 g/mol. The van der Waals surface area contributed by atoms with E-state index in [-0.39, 0.29) is 16.7 Å². The molecule has 0 saturated carbocycles. The van der Waals surface area contributed by atoms with Crippen molar-refractivity contribution in [2.45, 2.75) is 59.9 Å². The van der Waals surface area contributed by atoms with Gasteiger partial charge in [0.1, 0.15) is 0 Å². The van der Waals surface area contributed by atoms with Crippen LogP contribution < -0.4 is 5.32 Å². The summed E-state index contributed by atoms with van der Waals surface area (Å²) >= 11 is 0. The average Bonchev–Trinajstić information content (AvgIpc) is 2.33. The van der Waals surface area contributed by atoms with Gasteiger partial charge in [0, 0.05) is 12.1 Å². The number of nitrogens with one attached hydrogen (secondary N) is 1. The van der Waals surface area contributed by atoms with E-state index in [4.69, 9.17) is 0 Å². The molecule has 0 heterocycles. The van der Waals surface area contributed by atoms with E-state index in [1.165, 1.54) is 5.56 Å². The molecule has 1 aromatic carbocycles. The van der Waals surface area contributed by atoms with Gasteiger partial charge in [-0.25, -0.2) is 0 Å². The van der Waals surface area contributed by atoms with Gasteiger partial charge in [-0.2, -0.15) is 0 Å². The molecule has 0 aliphatic heterocycles. The molecule has 2 nitrogen and oxygen atoms in total. The first-order valence-electron chi connectivity index (χ1n) is 7.54. The summed E-state index contributed by atoms with van der Waals surface area (Å²) in [7, 11) is 0. The topological polar surface area (TPSA) is 29.1 Å². The van der Waals surface area contributed by atoms with E-state index in [1.54, 1.807) is 6.92 Å². The fourth-order valence-electron chi connectivity index (χ4n) is 2.86. The number of hydrogen-bond acceptors (Lipinski definition) is 1. The number of hydrogen-bond donors (Lipinski definition) is 1. The highest BCUT2D eigenvalue weighted by Gasteiger charge is 2.27. The Bertz CT molecular complexity index is 521. The Balaban J connectivity index is 2.85. The van der Waals surface area contributed by atoms with Crippen LogP contribution in [0.25, 0.3) is 0 Å². The number of carbonyl (C=O) groups excluding carboxylic acids is 1. The molecule has 1 aromatic rings. The lowest BCUT2D eigenvalue weighted by Crippen LogP contribution is -2.26. The van der Waals surface area contributed by atoms with Gasteiger partial charge in [-0.3, -0.25) is 4.79 Å². The van der Waals surface area contributed by atoms with Crippen molar-refractivity contribution in [2.24, 2.45) is 5.41 Å². The number of carbonyl (C=O) groups is 1. The zero-order valence-electron chi connectivity index (χ0n) is 14.3.